The third kappa shape index (κ3) is 4.41. The SMILES string of the molecule is O=C(NCCNc1ccccc1[N+](=O)[O-])c1ccc(N2CCCC2=O)cc1. The van der Waals surface area contributed by atoms with Crippen molar-refractivity contribution in [1.29, 1.82) is 0 Å². The highest BCUT2D eigenvalue weighted by atomic mass is 16.6. The van der Waals surface area contributed by atoms with Crippen LogP contribution in [0.15, 0.2) is 48.5 Å². The molecule has 0 spiro atoms. The van der Waals surface area contributed by atoms with E-state index in [1.165, 1.54) is 6.07 Å². The Kier molecular flexibility index (Phi) is 5.65. The van der Waals surface area contributed by atoms with Crippen LogP contribution in [0.4, 0.5) is 17.1 Å². The van der Waals surface area contributed by atoms with E-state index in [0.717, 1.165) is 12.1 Å². The van der Waals surface area contributed by atoms with Crippen molar-refractivity contribution in [2.45, 2.75) is 12.8 Å². The number of nitrogens with zero attached hydrogens (tertiary/aromatic N) is 2. The molecular formula is C19H20N4O4. The number of nitro benzene ring substituents is 1. The van der Waals surface area contributed by atoms with Crippen molar-refractivity contribution in [1.82, 2.24) is 5.32 Å². The van der Waals surface area contributed by atoms with Gasteiger partial charge in [-0.05, 0) is 36.8 Å². The Morgan fingerprint density at radius 1 is 1.11 bits per heavy atom. The summed E-state index contributed by atoms with van der Waals surface area (Å²) in [4.78, 5) is 36.2. The molecule has 2 N–H and O–H groups in total. The van der Waals surface area contributed by atoms with Crippen molar-refractivity contribution in [3.05, 3.63) is 64.2 Å². The van der Waals surface area contributed by atoms with E-state index in [4.69, 9.17) is 0 Å². The molecule has 3 rings (SSSR count). The maximum absolute atomic E-state index is 12.2. The minimum absolute atomic E-state index is 0.00382. The third-order valence-corrected chi connectivity index (χ3v) is 4.34. The quantitative estimate of drug-likeness (QED) is 0.444. The highest BCUT2D eigenvalue weighted by molar-refractivity contribution is 5.97. The Balaban J connectivity index is 1.50. The van der Waals surface area contributed by atoms with Crippen molar-refractivity contribution in [2.75, 3.05) is 29.9 Å². The van der Waals surface area contributed by atoms with Crippen LogP contribution in [-0.4, -0.2) is 36.4 Å². The lowest BCUT2D eigenvalue weighted by molar-refractivity contribution is -0.384. The maximum Gasteiger partial charge on any atom is 0.292 e. The fourth-order valence-corrected chi connectivity index (χ4v) is 2.97. The van der Waals surface area contributed by atoms with Crippen LogP contribution < -0.4 is 15.5 Å². The van der Waals surface area contributed by atoms with E-state index in [2.05, 4.69) is 10.6 Å². The predicted molar refractivity (Wildman–Crippen MR) is 102 cm³/mol. The summed E-state index contributed by atoms with van der Waals surface area (Å²) in [5.74, 6) is -0.132. The summed E-state index contributed by atoms with van der Waals surface area (Å²) in [6.07, 6.45) is 1.42. The zero-order valence-electron chi connectivity index (χ0n) is 14.7. The van der Waals surface area contributed by atoms with Gasteiger partial charge >= 0.3 is 0 Å². The number of rotatable bonds is 7. The van der Waals surface area contributed by atoms with Crippen molar-refractivity contribution in [3.63, 3.8) is 0 Å². The largest absolute Gasteiger partial charge is 0.378 e. The zero-order chi connectivity index (χ0) is 19.2. The number of carbonyl (C=O) groups excluding carboxylic acids is 2. The summed E-state index contributed by atoms with van der Waals surface area (Å²) >= 11 is 0. The van der Waals surface area contributed by atoms with Crippen LogP contribution in [0.3, 0.4) is 0 Å². The molecule has 8 nitrogen and oxygen atoms in total. The van der Waals surface area contributed by atoms with Crippen LogP contribution in [-0.2, 0) is 4.79 Å². The second-order valence-electron chi connectivity index (χ2n) is 6.15. The van der Waals surface area contributed by atoms with Crippen LogP contribution in [0.25, 0.3) is 0 Å². The lowest BCUT2D eigenvalue weighted by Gasteiger charge is -2.15. The molecule has 8 heteroatoms. The van der Waals surface area contributed by atoms with E-state index in [1.807, 2.05) is 0 Å². The maximum atomic E-state index is 12.2. The number of para-hydroxylation sites is 2. The van der Waals surface area contributed by atoms with E-state index in [9.17, 15) is 19.7 Å². The van der Waals surface area contributed by atoms with Gasteiger partial charge in [-0.2, -0.15) is 0 Å². The number of amides is 2. The number of nitro groups is 1. The molecule has 27 heavy (non-hydrogen) atoms. The van der Waals surface area contributed by atoms with Gasteiger partial charge in [-0.25, -0.2) is 0 Å². The second-order valence-corrected chi connectivity index (χ2v) is 6.15. The molecule has 0 atom stereocenters. The molecule has 2 amide bonds. The van der Waals surface area contributed by atoms with E-state index in [1.54, 1.807) is 47.4 Å². The summed E-state index contributed by atoms with van der Waals surface area (Å²) in [6.45, 7) is 1.38. The van der Waals surface area contributed by atoms with Crippen LogP contribution in [0, 0.1) is 10.1 Å². The molecule has 2 aromatic rings. The van der Waals surface area contributed by atoms with Gasteiger partial charge in [-0.3, -0.25) is 19.7 Å². The van der Waals surface area contributed by atoms with Crippen molar-refractivity contribution < 1.29 is 14.5 Å². The molecule has 1 fully saturated rings. The van der Waals surface area contributed by atoms with E-state index in [-0.39, 0.29) is 17.5 Å². The van der Waals surface area contributed by atoms with Crippen LogP contribution in [0.2, 0.25) is 0 Å². The van der Waals surface area contributed by atoms with Gasteiger partial charge in [0, 0.05) is 43.4 Å². The van der Waals surface area contributed by atoms with E-state index < -0.39 is 4.92 Å². The Bertz CT molecular complexity index is 851. The normalized spacial score (nSPS) is 13.5. The highest BCUT2D eigenvalue weighted by Gasteiger charge is 2.21. The van der Waals surface area contributed by atoms with Gasteiger partial charge in [0.1, 0.15) is 5.69 Å². The van der Waals surface area contributed by atoms with Gasteiger partial charge in [0.25, 0.3) is 11.6 Å². The number of carbonyl (C=O) groups is 2. The van der Waals surface area contributed by atoms with Crippen molar-refractivity contribution in [2.24, 2.45) is 0 Å². The monoisotopic (exact) mass is 368 g/mol. The topological polar surface area (TPSA) is 105 Å². The number of anilines is 2. The predicted octanol–water partition coefficient (Wildman–Crippen LogP) is 2.56. The van der Waals surface area contributed by atoms with E-state index in [0.29, 0.717) is 37.3 Å². The Morgan fingerprint density at radius 3 is 2.52 bits per heavy atom. The molecule has 1 aliphatic heterocycles. The molecule has 2 aromatic carbocycles. The standard InChI is InChI=1S/C19H20N4O4/c24-18-6-3-13-22(18)15-9-7-14(8-10-15)19(25)21-12-11-20-16-4-1-2-5-17(16)23(26)27/h1-2,4-5,7-10,20H,3,6,11-13H2,(H,21,25). The van der Waals surface area contributed by atoms with Gasteiger partial charge in [0.15, 0.2) is 0 Å². The number of nitrogens with one attached hydrogen (secondary N) is 2. The minimum Gasteiger partial charge on any atom is -0.378 e. The lowest BCUT2D eigenvalue weighted by Crippen LogP contribution is -2.29. The summed E-state index contributed by atoms with van der Waals surface area (Å²) < 4.78 is 0. The fraction of sp³-hybridized carbons (Fsp3) is 0.263. The summed E-state index contributed by atoms with van der Waals surface area (Å²) in [5.41, 5.74) is 1.70. The lowest BCUT2D eigenvalue weighted by atomic mass is 10.2. The molecule has 0 saturated carbocycles. The number of benzene rings is 2. The Hall–Kier alpha value is -3.42. The first-order chi connectivity index (χ1) is 13.1. The molecule has 1 heterocycles. The molecule has 0 bridgehead atoms. The first-order valence-electron chi connectivity index (χ1n) is 8.72. The molecule has 0 unspecified atom stereocenters. The molecule has 0 aliphatic carbocycles. The molecular weight excluding hydrogens is 348 g/mol. The first-order valence-corrected chi connectivity index (χ1v) is 8.72. The van der Waals surface area contributed by atoms with Gasteiger partial charge in [0.05, 0.1) is 4.92 Å². The number of hydrogen-bond donors (Lipinski definition) is 2. The average Bonchev–Trinajstić information content (AvgIpc) is 3.11. The van der Waals surface area contributed by atoms with E-state index >= 15 is 0 Å². The Labute approximate surface area is 156 Å². The minimum atomic E-state index is -0.451. The summed E-state index contributed by atoms with van der Waals surface area (Å²) in [6, 6.07) is 13.3. The zero-order valence-corrected chi connectivity index (χ0v) is 14.7. The third-order valence-electron chi connectivity index (χ3n) is 4.34. The van der Waals surface area contributed by atoms with Crippen LogP contribution >= 0.6 is 0 Å². The number of hydrogen-bond acceptors (Lipinski definition) is 5. The van der Waals surface area contributed by atoms with Gasteiger partial charge in [0.2, 0.25) is 5.91 Å². The van der Waals surface area contributed by atoms with Crippen molar-refractivity contribution >= 4 is 28.9 Å². The first kappa shape index (κ1) is 18.4. The molecule has 140 valence electrons. The van der Waals surface area contributed by atoms with Crippen molar-refractivity contribution in [3.8, 4) is 0 Å². The highest BCUT2D eigenvalue weighted by Crippen LogP contribution is 2.23. The van der Waals surface area contributed by atoms with Gasteiger partial charge in [-0.1, -0.05) is 12.1 Å². The summed E-state index contributed by atoms with van der Waals surface area (Å²) in [5, 5.41) is 16.7. The van der Waals surface area contributed by atoms with Gasteiger partial charge in [-0.15, -0.1) is 0 Å². The van der Waals surface area contributed by atoms with Crippen LogP contribution in [0.1, 0.15) is 23.2 Å². The second kappa shape index (κ2) is 8.31. The molecule has 1 aliphatic rings. The average molecular weight is 368 g/mol. The molecule has 1 saturated heterocycles. The fourth-order valence-electron chi connectivity index (χ4n) is 2.97. The Morgan fingerprint density at radius 2 is 1.85 bits per heavy atom. The molecule has 0 aromatic heterocycles. The van der Waals surface area contributed by atoms with Crippen LogP contribution in [0.5, 0.6) is 0 Å². The smallest absolute Gasteiger partial charge is 0.292 e. The van der Waals surface area contributed by atoms with Gasteiger partial charge < -0.3 is 15.5 Å². The summed E-state index contributed by atoms with van der Waals surface area (Å²) in [7, 11) is 0. The molecule has 0 radical (unpaired) electrons.